The third-order valence-electron chi connectivity index (χ3n) is 12.1. The van der Waals surface area contributed by atoms with E-state index >= 15 is 0 Å². The molecule has 2 heterocycles. The molecule has 0 bridgehead atoms. The molecule has 262 valence electrons. The molecule has 0 fully saturated rings. The smallest absolute Gasteiger partial charge is 0.164 e. The van der Waals surface area contributed by atoms with Gasteiger partial charge < -0.3 is 4.42 Å². The summed E-state index contributed by atoms with van der Waals surface area (Å²) in [7, 11) is 0. The molecule has 56 heavy (non-hydrogen) atoms. The van der Waals surface area contributed by atoms with Gasteiger partial charge in [0.1, 0.15) is 11.2 Å². The van der Waals surface area contributed by atoms with Crippen molar-refractivity contribution in [2.45, 2.75) is 19.3 Å². The Morgan fingerprint density at radius 3 is 1.80 bits per heavy atom. The van der Waals surface area contributed by atoms with Gasteiger partial charge in [-0.3, -0.25) is 0 Å². The van der Waals surface area contributed by atoms with E-state index in [9.17, 15) is 0 Å². The molecule has 0 saturated heterocycles. The summed E-state index contributed by atoms with van der Waals surface area (Å²) in [6.07, 6.45) is 0. The average Bonchev–Trinajstić information content (AvgIpc) is 3.73. The van der Waals surface area contributed by atoms with E-state index in [4.69, 9.17) is 19.4 Å². The largest absolute Gasteiger partial charge is 0.456 e. The Labute approximate surface area is 322 Å². The molecule has 0 spiro atoms. The van der Waals surface area contributed by atoms with E-state index in [1.807, 2.05) is 30.3 Å². The highest BCUT2D eigenvalue weighted by atomic mass is 16.3. The van der Waals surface area contributed by atoms with Gasteiger partial charge in [-0.25, -0.2) is 15.0 Å². The fraction of sp³-hybridized carbons (Fsp3) is 0.0577. The fourth-order valence-electron chi connectivity index (χ4n) is 9.41. The number of rotatable bonds is 3. The van der Waals surface area contributed by atoms with Crippen LogP contribution in [0.3, 0.4) is 0 Å². The molecule has 9 aromatic carbocycles. The lowest BCUT2D eigenvalue weighted by atomic mass is 9.82. The summed E-state index contributed by atoms with van der Waals surface area (Å²) >= 11 is 0. The Morgan fingerprint density at radius 2 is 1.00 bits per heavy atom. The van der Waals surface area contributed by atoms with Crippen LogP contribution in [0.5, 0.6) is 0 Å². The molecule has 0 radical (unpaired) electrons. The molecule has 1 aliphatic carbocycles. The van der Waals surface area contributed by atoms with Gasteiger partial charge in [0.15, 0.2) is 17.5 Å². The fourth-order valence-corrected chi connectivity index (χ4v) is 9.41. The van der Waals surface area contributed by atoms with Gasteiger partial charge in [0, 0.05) is 32.9 Å². The molecule has 0 N–H and O–H groups in total. The zero-order valence-corrected chi connectivity index (χ0v) is 30.8. The Morgan fingerprint density at radius 1 is 0.375 bits per heavy atom. The predicted molar refractivity (Wildman–Crippen MR) is 231 cm³/mol. The average molecular weight is 716 g/mol. The summed E-state index contributed by atoms with van der Waals surface area (Å²) in [5.74, 6) is 1.86. The van der Waals surface area contributed by atoms with Crippen LogP contribution in [0.1, 0.15) is 25.0 Å². The van der Waals surface area contributed by atoms with Gasteiger partial charge in [-0.05, 0) is 89.6 Å². The first-order valence-electron chi connectivity index (χ1n) is 19.2. The van der Waals surface area contributed by atoms with Crippen LogP contribution >= 0.6 is 0 Å². The highest BCUT2D eigenvalue weighted by Gasteiger charge is 2.36. The number of hydrogen-bond donors (Lipinski definition) is 0. The van der Waals surface area contributed by atoms with E-state index in [2.05, 4.69) is 147 Å². The van der Waals surface area contributed by atoms with Crippen molar-refractivity contribution in [3.63, 3.8) is 0 Å². The normalized spacial score (nSPS) is 13.3. The van der Waals surface area contributed by atoms with E-state index in [-0.39, 0.29) is 5.41 Å². The van der Waals surface area contributed by atoms with Gasteiger partial charge in [-0.2, -0.15) is 0 Å². The number of furan rings is 1. The molecular formula is C52H33N3O. The molecule has 0 unspecified atom stereocenters. The molecule has 0 saturated carbocycles. The van der Waals surface area contributed by atoms with Crippen LogP contribution in [0.15, 0.2) is 168 Å². The lowest BCUT2D eigenvalue weighted by Crippen LogP contribution is -2.14. The van der Waals surface area contributed by atoms with E-state index in [0.717, 1.165) is 38.6 Å². The van der Waals surface area contributed by atoms with Crippen LogP contribution in [-0.4, -0.2) is 15.0 Å². The minimum absolute atomic E-state index is 0.142. The summed E-state index contributed by atoms with van der Waals surface area (Å²) < 4.78 is 6.64. The maximum Gasteiger partial charge on any atom is 0.164 e. The number of nitrogens with zero attached hydrogens (tertiary/aromatic N) is 3. The Kier molecular flexibility index (Phi) is 6.37. The minimum Gasteiger partial charge on any atom is -0.456 e. The van der Waals surface area contributed by atoms with Gasteiger partial charge >= 0.3 is 0 Å². The van der Waals surface area contributed by atoms with Gasteiger partial charge in [0.05, 0.1) is 0 Å². The number of benzene rings is 9. The summed E-state index contributed by atoms with van der Waals surface area (Å²) in [5.41, 5.74) is 9.46. The van der Waals surface area contributed by atoms with Gasteiger partial charge in [0.25, 0.3) is 0 Å². The molecule has 4 nitrogen and oxygen atoms in total. The van der Waals surface area contributed by atoms with Crippen molar-refractivity contribution in [1.82, 2.24) is 15.0 Å². The van der Waals surface area contributed by atoms with Crippen molar-refractivity contribution in [2.75, 3.05) is 0 Å². The highest BCUT2D eigenvalue weighted by molar-refractivity contribution is 6.31. The second-order valence-electron chi connectivity index (χ2n) is 15.5. The van der Waals surface area contributed by atoms with Gasteiger partial charge in [0.2, 0.25) is 0 Å². The molecule has 0 aliphatic heterocycles. The molecule has 0 atom stereocenters. The zero-order chi connectivity index (χ0) is 37.1. The first-order valence-corrected chi connectivity index (χ1v) is 19.2. The molecule has 2 aromatic heterocycles. The van der Waals surface area contributed by atoms with Crippen molar-refractivity contribution < 1.29 is 4.42 Å². The molecular weight excluding hydrogens is 683 g/mol. The van der Waals surface area contributed by atoms with Gasteiger partial charge in [-0.1, -0.05) is 153 Å². The minimum atomic E-state index is -0.142. The van der Waals surface area contributed by atoms with E-state index in [1.165, 1.54) is 65.3 Å². The Bertz CT molecular complexity index is 3420. The summed E-state index contributed by atoms with van der Waals surface area (Å²) in [4.78, 5) is 15.7. The van der Waals surface area contributed by atoms with Crippen molar-refractivity contribution in [1.29, 1.82) is 0 Å². The van der Waals surface area contributed by atoms with E-state index in [0.29, 0.717) is 17.5 Å². The molecule has 0 amide bonds. The third-order valence-corrected chi connectivity index (χ3v) is 12.1. The molecule has 1 aliphatic rings. The maximum absolute atomic E-state index is 6.64. The quantitative estimate of drug-likeness (QED) is 0.171. The Hall–Kier alpha value is -7.17. The monoisotopic (exact) mass is 715 g/mol. The number of aromatic nitrogens is 3. The summed E-state index contributed by atoms with van der Waals surface area (Å²) in [5, 5.41) is 11.9. The second kappa shape index (κ2) is 11.4. The Balaban J connectivity index is 1.11. The van der Waals surface area contributed by atoms with Crippen LogP contribution in [0, 0.1) is 0 Å². The number of fused-ring (bicyclic) bond motifs is 14. The SMILES string of the molecule is CC1(C)c2ccccc2-c2cc3oc4cccc(-c5nc(-c6ccccc6)nc(-c6ccc7ccc8c9ccccc9c9ccccc9c8c7c6)n5)c4c3cc21. The van der Waals surface area contributed by atoms with Crippen LogP contribution < -0.4 is 0 Å². The van der Waals surface area contributed by atoms with Crippen LogP contribution in [0.4, 0.5) is 0 Å². The third kappa shape index (κ3) is 4.38. The summed E-state index contributed by atoms with van der Waals surface area (Å²) in [6, 6.07) is 58.3. The molecule has 12 rings (SSSR count). The zero-order valence-electron chi connectivity index (χ0n) is 30.8. The second-order valence-corrected chi connectivity index (χ2v) is 15.5. The van der Waals surface area contributed by atoms with Crippen molar-refractivity contribution >= 4 is 65.0 Å². The first-order chi connectivity index (χ1) is 27.5. The molecule has 11 aromatic rings. The van der Waals surface area contributed by atoms with Crippen LogP contribution in [0.2, 0.25) is 0 Å². The van der Waals surface area contributed by atoms with Crippen molar-refractivity contribution in [3.05, 3.63) is 175 Å². The first kappa shape index (κ1) is 31.2. The van der Waals surface area contributed by atoms with Crippen LogP contribution in [-0.2, 0) is 5.41 Å². The topological polar surface area (TPSA) is 51.8 Å². The summed E-state index contributed by atoms with van der Waals surface area (Å²) in [6.45, 7) is 4.63. The number of hydrogen-bond acceptors (Lipinski definition) is 4. The van der Waals surface area contributed by atoms with Crippen LogP contribution in [0.25, 0.3) is 110 Å². The molecule has 4 heteroatoms. The lowest BCUT2D eigenvalue weighted by molar-refractivity contribution is 0.658. The highest BCUT2D eigenvalue weighted by Crippen LogP contribution is 2.51. The van der Waals surface area contributed by atoms with Crippen molar-refractivity contribution in [2.24, 2.45) is 0 Å². The maximum atomic E-state index is 6.64. The van der Waals surface area contributed by atoms with Crippen molar-refractivity contribution in [3.8, 4) is 45.3 Å². The standard InChI is InChI=1S/C52H33N3O/c1-52(2)43-21-11-10-18-36(43)41-29-46-42(28-44(41)52)48-39(20-12-22-45(48)56-46)51-54-49(31-13-4-3-5-14-31)53-50(55-51)32-24-23-30-25-26-38-35-17-7-6-15-33(35)34-16-8-9-19-37(34)47(38)40(30)27-32/h3-29H,1-2H3. The van der Waals surface area contributed by atoms with E-state index < -0.39 is 0 Å². The van der Waals surface area contributed by atoms with Gasteiger partial charge in [-0.15, -0.1) is 0 Å². The van der Waals surface area contributed by atoms with E-state index in [1.54, 1.807) is 0 Å². The lowest BCUT2D eigenvalue weighted by Gasteiger charge is -2.21. The predicted octanol–water partition coefficient (Wildman–Crippen LogP) is 13.7.